The van der Waals surface area contributed by atoms with Crippen LogP contribution in [0.1, 0.15) is 64.2 Å². The summed E-state index contributed by atoms with van der Waals surface area (Å²) >= 11 is 5.98. The number of ether oxygens (including phenoxy) is 1. The summed E-state index contributed by atoms with van der Waals surface area (Å²) in [4.78, 5) is 12.6. The lowest BCUT2D eigenvalue weighted by Crippen LogP contribution is -2.50. The molecular formula is C20H25ClNO3. The largest absolute Gasteiger partial charge is 0.427 e. The fourth-order valence-corrected chi connectivity index (χ4v) is 4.67. The molecule has 0 unspecified atom stereocenters. The Morgan fingerprint density at radius 2 is 1.84 bits per heavy atom. The molecule has 1 radical (unpaired) electrons. The van der Waals surface area contributed by atoms with Crippen molar-refractivity contribution in [1.82, 2.24) is 5.06 Å². The minimum absolute atomic E-state index is 0.120. The molecule has 1 fully saturated rings. The van der Waals surface area contributed by atoms with E-state index in [1.165, 1.54) is 5.06 Å². The van der Waals surface area contributed by atoms with Crippen LogP contribution in [0, 0.1) is 5.41 Å². The lowest BCUT2D eigenvalue weighted by Gasteiger charge is -2.44. The van der Waals surface area contributed by atoms with Crippen LogP contribution in [0.25, 0.3) is 0 Å². The van der Waals surface area contributed by atoms with Crippen molar-refractivity contribution in [1.29, 1.82) is 0 Å². The van der Waals surface area contributed by atoms with Gasteiger partial charge in [-0.2, -0.15) is 0 Å². The minimum atomic E-state index is -0.630. The van der Waals surface area contributed by atoms with E-state index < -0.39 is 17.0 Å². The first kappa shape index (κ1) is 18.4. The van der Waals surface area contributed by atoms with E-state index in [-0.39, 0.29) is 5.41 Å². The number of fused-ring (bicyclic) bond motifs is 1. The second-order valence-electron chi connectivity index (χ2n) is 8.88. The number of carbonyl (C=O) groups is 1. The maximum atomic E-state index is 12.9. The minimum Gasteiger partial charge on any atom is -0.427 e. The van der Waals surface area contributed by atoms with Crippen LogP contribution in [0.15, 0.2) is 35.6 Å². The van der Waals surface area contributed by atoms with Gasteiger partial charge in [0.05, 0.1) is 11.1 Å². The van der Waals surface area contributed by atoms with Crippen molar-refractivity contribution >= 4 is 17.6 Å². The van der Waals surface area contributed by atoms with Crippen molar-refractivity contribution in [2.45, 2.75) is 65.0 Å². The lowest BCUT2D eigenvalue weighted by atomic mass is 9.68. The molecule has 135 valence electrons. The standard InChI is InChI=1S/C20H25ClNO3/c1-18(2)11-16(25-17(23)13-7-6-8-14(21)9-13)15-10-19(3,4)22(24)20(15,5)12-18/h6-9H,10-12H2,1-5H3/t20-/m1/s1. The summed E-state index contributed by atoms with van der Waals surface area (Å²) < 4.78 is 5.81. The molecule has 1 atom stereocenters. The van der Waals surface area contributed by atoms with Crippen LogP contribution >= 0.6 is 11.6 Å². The number of hydroxylamine groups is 2. The van der Waals surface area contributed by atoms with Gasteiger partial charge in [-0.25, -0.2) is 4.79 Å². The van der Waals surface area contributed by atoms with Crippen LogP contribution in [-0.2, 0) is 9.94 Å². The molecule has 2 aliphatic rings. The number of esters is 1. The molecule has 25 heavy (non-hydrogen) atoms. The van der Waals surface area contributed by atoms with E-state index >= 15 is 0 Å². The Bertz CT molecular complexity index is 753. The second-order valence-corrected chi connectivity index (χ2v) is 9.31. The third-order valence-corrected chi connectivity index (χ3v) is 5.57. The van der Waals surface area contributed by atoms with Gasteiger partial charge >= 0.3 is 5.97 Å². The summed E-state index contributed by atoms with van der Waals surface area (Å²) in [5, 5.41) is 14.6. The van der Waals surface area contributed by atoms with Crippen LogP contribution in [0.4, 0.5) is 0 Å². The van der Waals surface area contributed by atoms with Crippen molar-refractivity contribution in [2.75, 3.05) is 0 Å². The molecule has 1 aromatic rings. The van der Waals surface area contributed by atoms with Crippen LogP contribution < -0.4 is 0 Å². The summed E-state index contributed by atoms with van der Waals surface area (Å²) in [6.45, 7) is 10.1. The summed E-state index contributed by atoms with van der Waals surface area (Å²) in [7, 11) is 0. The van der Waals surface area contributed by atoms with Gasteiger partial charge in [0.25, 0.3) is 0 Å². The Morgan fingerprint density at radius 1 is 1.16 bits per heavy atom. The molecule has 4 nitrogen and oxygen atoms in total. The normalized spacial score (nSPS) is 28.0. The van der Waals surface area contributed by atoms with Gasteiger partial charge in [0, 0.05) is 17.0 Å². The predicted molar refractivity (Wildman–Crippen MR) is 96.5 cm³/mol. The zero-order chi connectivity index (χ0) is 18.6. The number of nitrogens with zero attached hydrogens (tertiary/aromatic N) is 1. The third-order valence-electron chi connectivity index (χ3n) is 5.33. The first-order chi connectivity index (χ1) is 11.4. The van der Waals surface area contributed by atoms with Gasteiger partial charge in [0.2, 0.25) is 0 Å². The van der Waals surface area contributed by atoms with E-state index in [4.69, 9.17) is 16.3 Å². The highest BCUT2D eigenvalue weighted by molar-refractivity contribution is 6.30. The zero-order valence-electron chi connectivity index (χ0n) is 15.5. The number of allylic oxidation sites excluding steroid dienone is 1. The van der Waals surface area contributed by atoms with Gasteiger partial charge in [-0.1, -0.05) is 31.5 Å². The van der Waals surface area contributed by atoms with Gasteiger partial charge < -0.3 is 4.74 Å². The second kappa shape index (κ2) is 5.83. The molecule has 0 bridgehead atoms. The van der Waals surface area contributed by atoms with Crippen LogP contribution in [0.3, 0.4) is 0 Å². The number of hydrogen-bond acceptors (Lipinski definition) is 3. The molecule has 1 aliphatic carbocycles. The first-order valence-corrected chi connectivity index (χ1v) is 9.00. The highest BCUT2D eigenvalue weighted by Crippen LogP contribution is 2.55. The summed E-state index contributed by atoms with van der Waals surface area (Å²) in [6, 6.07) is 6.73. The molecule has 0 aromatic heterocycles. The molecule has 0 amide bonds. The van der Waals surface area contributed by atoms with Gasteiger partial charge in [-0.3, -0.25) is 0 Å². The predicted octanol–water partition coefficient (Wildman–Crippen LogP) is 5.16. The molecule has 1 aromatic carbocycles. The maximum absolute atomic E-state index is 12.9. The number of hydrogen-bond donors (Lipinski definition) is 0. The van der Waals surface area contributed by atoms with Crippen LogP contribution in [-0.4, -0.2) is 22.1 Å². The van der Waals surface area contributed by atoms with E-state index in [2.05, 4.69) is 13.8 Å². The molecule has 3 rings (SSSR count). The highest BCUT2D eigenvalue weighted by Gasteiger charge is 2.57. The Morgan fingerprint density at radius 3 is 2.48 bits per heavy atom. The average Bonchev–Trinajstić information content (AvgIpc) is 2.66. The van der Waals surface area contributed by atoms with E-state index in [0.717, 1.165) is 12.0 Å². The first-order valence-electron chi connectivity index (χ1n) is 8.62. The molecular weight excluding hydrogens is 338 g/mol. The Hall–Kier alpha value is -1.36. The van der Waals surface area contributed by atoms with Crippen LogP contribution in [0.5, 0.6) is 0 Å². The monoisotopic (exact) mass is 362 g/mol. The number of rotatable bonds is 2. The molecule has 0 spiro atoms. The Labute approximate surface area is 154 Å². The molecule has 1 heterocycles. The zero-order valence-corrected chi connectivity index (χ0v) is 16.2. The van der Waals surface area contributed by atoms with Gasteiger partial charge in [0.15, 0.2) is 0 Å². The molecule has 1 aliphatic heterocycles. The highest BCUT2D eigenvalue weighted by atomic mass is 35.5. The van der Waals surface area contributed by atoms with Crippen molar-refractivity contribution in [3.05, 3.63) is 46.2 Å². The fourth-order valence-electron chi connectivity index (χ4n) is 4.48. The molecule has 5 heteroatoms. The summed E-state index contributed by atoms with van der Waals surface area (Å²) in [6.07, 6.45) is 2.01. The summed E-state index contributed by atoms with van der Waals surface area (Å²) in [5.41, 5.74) is 0.128. The smallest absolute Gasteiger partial charge is 0.343 e. The van der Waals surface area contributed by atoms with Gasteiger partial charge in [-0.15, -0.1) is 10.3 Å². The molecule has 1 saturated heterocycles. The third kappa shape index (κ3) is 3.23. The average molecular weight is 363 g/mol. The Balaban J connectivity index is 1.99. The van der Waals surface area contributed by atoms with Crippen molar-refractivity contribution in [3.8, 4) is 0 Å². The van der Waals surface area contributed by atoms with Gasteiger partial charge in [-0.05, 0) is 62.8 Å². The fraction of sp³-hybridized carbons (Fsp3) is 0.550. The van der Waals surface area contributed by atoms with Gasteiger partial charge in [0.1, 0.15) is 5.76 Å². The van der Waals surface area contributed by atoms with Crippen LogP contribution in [0.2, 0.25) is 5.02 Å². The summed E-state index contributed by atoms with van der Waals surface area (Å²) in [5.74, 6) is 0.224. The van der Waals surface area contributed by atoms with Crippen molar-refractivity contribution in [3.63, 3.8) is 0 Å². The van der Waals surface area contributed by atoms with Crippen molar-refractivity contribution in [2.24, 2.45) is 5.41 Å². The number of benzene rings is 1. The van der Waals surface area contributed by atoms with E-state index in [0.29, 0.717) is 29.2 Å². The number of carbonyl (C=O) groups excluding carboxylic acids is 1. The van der Waals surface area contributed by atoms with E-state index in [1.54, 1.807) is 24.3 Å². The Kier molecular flexibility index (Phi) is 4.30. The topological polar surface area (TPSA) is 49.4 Å². The molecule has 0 N–H and O–H groups in total. The quantitative estimate of drug-likeness (QED) is 0.683. The maximum Gasteiger partial charge on any atom is 0.343 e. The van der Waals surface area contributed by atoms with Crippen molar-refractivity contribution < 1.29 is 14.7 Å². The molecule has 0 saturated carbocycles. The SMILES string of the molecule is CC1(C)CC(OC(=O)c2cccc(Cl)c2)=C2CC(C)(C)N([O])[C@]2(C)C1. The number of halogens is 1. The van der Waals surface area contributed by atoms with E-state index in [1.807, 2.05) is 20.8 Å². The van der Waals surface area contributed by atoms with E-state index in [9.17, 15) is 10.0 Å². The lowest BCUT2D eigenvalue weighted by molar-refractivity contribution is -0.251.